The first-order valence-corrected chi connectivity index (χ1v) is 19.9. The largest absolute Gasteiger partial charge is 0.462 e. The molecule has 52 heavy (non-hydrogen) atoms. The molecule has 0 radical (unpaired) electrons. The van der Waals surface area contributed by atoms with Gasteiger partial charge in [-0.05, 0) is 115 Å². The SMILES string of the molecule is CC[C@@H]1CCC[C@H](O[C@H]2CC[C@H](N(C)C)[C@@H](C)O2)[C@H](C)C(=O)C2=C[C@@H]3[C@@H](C=C(C)[C@@H]4C[C@@H](O[C@@H]5O[C@@H](C)[C@H](OC)C(=O)[C@H]5OC)C[C@@H]34)[C@@H]2CC(=O)O1. The van der Waals surface area contributed by atoms with Crippen LogP contribution in [0.25, 0.3) is 0 Å². The van der Waals surface area contributed by atoms with Crippen LogP contribution in [0.5, 0.6) is 0 Å². The smallest absolute Gasteiger partial charge is 0.306 e. The molecular formula is C41H63NO10. The highest BCUT2D eigenvalue weighted by atomic mass is 16.7. The van der Waals surface area contributed by atoms with Gasteiger partial charge in [0.1, 0.15) is 12.2 Å². The molecule has 11 heteroatoms. The van der Waals surface area contributed by atoms with Crippen molar-refractivity contribution in [3.05, 3.63) is 23.3 Å². The maximum Gasteiger partial charge on any atom is 0.306 e. The van der Waals surface area contributed by atoms with E-state index in [1.165, 1.54) is 19.8 Å². The van der Waals surface area contributed by atoms with E-state index in [0.717, 1.165) is 50.5 Å². The summed E-state index contributed by atoms with van der Waals surface area (Å²) in [6.07, 6.45) is 7.11. The number of fused-ring (bicyclic) bond motifs is 5. The van der Waals surface area contributed by atoms with E-state index in [2.05, 4.69) is 51.9 Å². The Morgan fingerprint density at radius 2 is 1.60 bits per heavy atom. The Labute approximate surface area is 310 Å². The molecule has 0 spiro atoms. The average molecular weight is 730 g/mol. The van der Waals surface area contributed by atoms with Gasteiger partial charge in [-0.1, -0.05) is 31.6 Å². The second kappa shape index (κ2) is 16.8. The first-order valence-electron chi connectivity index (χ1n) is 19.9. The summed E-state index contributed by atoms with van der Waals surface area (Å²) in [4.78, 5) is 43.6. The van der Waals surface area contributed by atoms with Crippen LogP contribution in [0.4, 0.5) is 0 Å². The third kappa shape index (κ3) is 8.02. The van der Waals surface area contributed by atoms with Gasteiger partial charge in [-0.2, -0.15) is 0 Å². The summed E-state index contributed by atoms with van der Waals surface area (Å²) < 4.78 is 42.8. The van der Waals surface area contributed by atoms with Crippen LogP contribution in [-0.4, -0.2) is 112 Å². The van der Waals surface area contributed by atoms with Crippen LogP contribution in [0.2, 0.25) is 0 Å². The highest BCUT2D eigenvalue weighted by Crippen LogP contribution is 2.56. The molecule has 0 N–H and O–H groups in total. The monoisotopic (exact) mass is 729 g/mol. The van der Waals surface area contributed by atoms with Crippen LogP contribution in [-0.2, 0) is 47.5 Å². The quantitative estimate of drug-likeness (QED) is 0.235. The number of likely N-dealkylation sites (N-methyl/N-ethyl adjacent to an activating group) is 1. The summed E-state index contributed by atoms with van der Waals surface area (Å²) in [7, 11) is 7.16. The van der Waals surface area contributed by atoms with Gasteiger partial charge < -0.3 is 38.1 Å². The minimum Gasteiger partial charge on any atom is -0.462 e. The number of hydrogen-bond acceptors (Lipinski definition) is 11. The van der Waals surface area contributed by atoms with E-state index < -0.39 is 24.6 Å². The van der Waals surface area contributed by atoms with E-state index in [0.29, 0.717) is 12.5 Å². The van der Waals surface area contributed by atoms with Gasteiger partial charge in [-0.15, -0.1) is 0 Å². The first kappa shape index (κ1) is 39.7. The molecule has 4 fully saturated rings. The van der Waals surface area contributed by atoms with Crippen LogP contribution in [0, 0.1) is 35.5 Å². The highest BCUT2D eigenvalue weighted by molar-refractivity contribution is 5.99. The van der Waals surface area contributed by atoms with Crippen LogP contribution in [0.15, 0.2) is 23.3 Å². The molecular weight excluding hydrogens is 666 g/mol. The minimum absolute atomic E-state index is 0.00768. The summed E-state index contributed by atoms with van der Waals surface area (Å²) in [5, 5.41) is 0. The topological polar surface area (TPSA) is 119 Å². The Morgan fingerprint density at radius 1 is 0.846 bits per heavy atom. The lowest BCUT2D eigenvalue weighted by atomic mass is 9.67. The van der Waals surface area contributed by atoms with Crippen molar-refractivity contribution in [1.29, 1.82) is 0 Å². The third-order valence-corrected chi connectivity index (χ3v) is 13.2. The van der Waals surface area contributed by atoms with E-state index in [-0.39, 0.29) is 90.2 Å². The van der Waals surface area contributed by atoms with E-state index in [9.17, 15) is 14.4 Å². The second-order valence-electron chi connectivity index (χ2n) is 16.6. The number of ketones is 2. The van der Waals surface area contributed by atoms with Crippen molar-refractivity contribution in [3.63, 3.8) is 0 Å². The normalized spacial score (nSPS) is 44.5. The Bertz CT molecular complexity index is 1360. The second-order valence-corrected chi connectivity index (χ2v) is 16.6. The van der Waals surface area contributed by atoms with E-state index in [4.69, 9.17) is 33.2 Å². The predicted octanol–water partition coefficient (Wildman–Crippen LogP) is 5.43. The molecule has 0 amide bonds. The van der Waals surface area contributed by atoms with Crippen molar-refractivity contribution in [3.8, 4) is 0 Å². The highest BCUT2D eigenvalue weighted by Gasteiger charge is 2.53. The molecule has 0 aromatic carbocycles. The van der Waals surface area contributed by atoms with Gasteiger partial charge in [-0.3, -0.25) is 14.4 Å². The summed E-state index contributed by atoms with van der Waals surface area (Å²) in [5.74, 6) is -0.442. The molecule has 11 nitrogen and oxygen atoms in total. The zero-order valence-corrected chi connectivity index (χ0v) is 32.8. The van der Waals surface area contributed by atoms with Crippen molar-refractivity contribution >= 4 is 17.5 Å². The minimum atomic E-state index is -0.873. The maximum atomic E-state index is 14.7. The van der Waals surface area contributed by atoms with Gasteiger partial charge in [0.25, 0.3) is 0 Å². The average Bonchev–Trinajstić information content (AvgIpc) is 3.68. The number of cyclic esters (lactones) is 1. The van der Waals surface area contributed by atoms with Crippen molar-refractivity contribution in [2.75, 3.05) is 28.3 Å². The summed E-state index contributed by atoms with van der Waals surface area (Å²) in [6, 6.07) is 0.328. The maximum absolute atomic E-state index is 14.7. The number of nitrogens with zero attached hydrogens (tertiary/aromatic N) is 1. The van der Waals surface area contributed by atoms with Crippen LogP contribution < -0.4 is 0 Å². The van der Waals surface area contributed by atoms with Crippen molar-refractivity contribution < 1.29 is 47.5 Å². The number of esters is 1. The Morgan fingerprint density at radius 3 is 2.27 bits per heavy atom. The summed E-state index contributed by atoms with van der Waals surface area (Å²) in [6.45, 7) is 10.1. The lowest BCUT2D eigenvalue weighted by molar-refractivity contribution is -0.266. The number of Topliss-reactive ketones (excluding diaryl/α,β-unsaturated/α-hetero) is 2. The number of rotatable bonds is 8. The van der Waals surface area contributed by atoms with Crippen LogP contribution in [0.1, 0.15) is 92.4 Å². The Hall–Kier alpha value is -1.99. The number of allylic oxidation sites excluding steroid dienone is 4. The molecule has 6 aliphatic rings. The first-order chi connectivity index (χ1) is 24.8. The van der Waals surface area contributed by atoms with Gasteiger partial charge in [-0.25, -0.2) is 0 Å². The Balaban J connectivity index is 1.23. The molecule has 3 heterocycles. The number of carbonyl (C=O) groups excluding carboxylic acids is 3. The molecule has 0 aromatic rings. The molecule has 3 aliphatic carbocycles. The van der Waals surface area contributed by atoms with Gasteiger partial charge in [0.15, 0.2) is 30.3 Å². The fourth-order valence-corrected chi connectivity index (χ4v) is 10.4. The van der Waals surface area contributed by atoms with Crippen LogP contribution in [0.3, 0.4) is 0 Å². The van der Waals surface area contributed by atoms with Crippen molar-refractivity contribution in [1.82, 2.24) is 4.90 Å². The molecule has 3 saturated heterocycles. The van der Waals surface area contributed by atoms with E-state index in [1.54, 1.807) is 0 Å². The summed E-state index contributed by atoms with van der Waals surface area (Å²) in [5.41, 5.74) is 2.00. The number of ether oxygens (including phenoxy) is 7. The fourth-order valence-electron chi connectivity index (χ4n) is 10.4. The molecule has 6 rings (SSSR count). The zero-order chi connectivity index (χ0) is 37.4. The summed E-state index contributed by atoms with van der Waals surface area (Å²) >= 11 is 0. The Kier molecular flexibility index (Phi) is 12.8. The molecule has 292 valence electrons. The molecule has 0 bridgehead atoms. The number of carbonyl (C=O) groups is 3. The van der Waals surface area contributed by atoms with Crippen molar-refractivity contribution in [2.45, 2.75) is 154 Å². The van der Waals surface area contributed by atoms with E-state index >= 15 is 0 Å². The van der Waals surface area contributed by atoms with E-state index in [1.807, 2.05) is 13.8 Å². The predicted molar refractivity (Wildman–Crippen MR) is 193 cm³/mol. The number of methoxy groups -OCH3 is 2. The molecule has 16 atom stereocenters. The van der Waals surface area contributed by atoms with Crippen molar-refractivity contribution in [2.24, 2.45) is 35.5 Å². The van der Waals surface area contributed by atoms with Gasteiger partial charge in [0.2, 0.25) is 0 Å². The molecule has 0 aromatic heterocycles. The molecule has 3 aliphatic heterocycles. The van der Waals surface area contributed by atoms with Crippen LogP contribution >= 0.6 is 0 Å². The van der Waals surface area contributed by atoms with Gasteiger partial charge in [0, 0.05) is 32.1 Å². The number of hydrogen-bond donors (Lipinski definition) is 0. The standard InChI is InChI=1S/C41H63NO10/c1-10-25-12-11-13-34(52-36-15-14-33(42(6)7)23(4)48-36)22(3)37(44)32-19-30-28(31(32)20-35(43)50-25)16-21(2)27-17-26(18-29(27)30)51-41-40(47-9)38(45)39(46-8)24(5)49-41/h16,19,22-31,33-34,36,39-41H,10-15,17-18,20H2,1-9H3/t22-,23+,24-,25+,26+,27-,28+,29+,30+,31-,33-,34-,36-,39-,40+,41-/m0/s1. The molecule has 0 unspecified atom stereocenters. The third-order valence-electron chi connectivity index (χ3n) is 13.2. The zero-order valence-electron chi connectivity index (χ0n) is 32.8. The molecule has 1 saturated carbocycles. The van der Waals surface area contributed by atoms with Gasteiger partial charge in [0.05, 0.1) is 30.8 Å². The van der Waals surface area contributed by atoms with Gasteiger partial charge >= 0.3 is 5.97 Å². The fraction of sp³-hybridized carbons (Fsp3) is 0.829. The lowest BCUT2D eigenvalue weighted by Gasteiger charge is -2.40. The lowest BCUT2D eigenvalue weighted by Crippen LogP contribution is -2.56.